The molecule has 0 bridgehead atoms. The minimum Gasteiger partial charge on any atom is -0.491 e. The van der Waals surface area contributed by atoms with Crippen molar-refractivity contribution >= 4 is 28.9 Å². The molecular formula is C18H20FN3O2S. The lowest BCUT2D eigenvalue weighted by atomic mass is 10.2. The molecule has 2 N–H and O–H groups in total. The third-order valence-electron chi connectivity index (χ3n) is 3.35. The topological polar surface area (TPSA) is 63.2 Å². The van der Waals surface area contributed by atoms with Crippen molar-refractivity contribution < 1.29 is 13.9 Å². The Morgan fingerprint density at radius 2 is 2.16 bits per heavy atom. The summed E-state index contributed by atoms with van der Waals surface area (Å²) < 4.78 is 19.4. The van der Waals surface area contributed by atoms with Crippen molar-refractivity contribution in [1.29, 1.82) is 0 Å². The van der Waals surface area contributed by atoms with Crippen molar-refractivity contribution in [3.8, 4) is 5.75 Å². The number of benzene rings is 1. The van der Waals surface area contributed by atoms with E-state index in [0.717, 1.165) is 19.3 Å². The number of thiocarbonyl (C=S) groups is 1. The molecule has 2 aromatic rings. The summed E-state index contributed by atoms with van der Waals surface area (Å²) in [6.07, 6.45) is 6.02. The number of carbonyl (C=O) groups excluding carboxylic acids is 1. The first kappa shape index (κ1) is 18.8. The molecule has 25 heavy (non-hydrogen) atoms. The Labute approximate surface area is 151 Å². The predicted molar refractivity (Wildman–Crippen MR) is 99.3 cm³/mol. The van der Waals surface area contributed by atoms with Crippen LogP contribution in [0.4, 0.5) is 10.1 Å². The highest BCUT2D eigenvalue weighted by molar-refractivity contribution is 7.80. The van der Waals surface area contributed by atoms with Crippen LogP contribution in [0.2, 0.25) is 0 Å². The predicted octanol–water partition coefficient (Wildman–Crippen LogP) is 3.92. The van der Waals surface area contributed by atoms with Gasteiger partial charge in [-0.2, -0.15) is 0 Å². The number of nitrogens with zero attached hydrogens (tertiary/aromatic N) is 1. The van der Waals surface area contributed by atoms with Crippen molar-refractivity contribution in [2.75, 3.05) is 11.9 Å². The van der Waals surface area contributed by atoms with Crippen molar-refractivity contribution in [3.05, 3.63) is 54.1 Å². The number of unbranched alkanes of at least 4 members (excludes halogenated alkanes) is 2. The average molecular weight is 361 g/mol. The van der Waals surface area contributed by atoms with Crippen LogP contribution in [0, 0.1) is 5.82 Å². The molecule has 1 amide bonds. The Hall–Kier alpha value is -2.54. The fourth-order valence-corrected chi connectivity index (χ4v) is 2.28. The molecule has 0 unspecified atom stereocenters. The van der Waals surface area contributed by atoms with Gasteiger partial charge in [-0.25, -0.2) is 4.39 Å². The van der Waals surface area contributed by atoms with E-state index in [2.05, 4.69) is 22.5 Å². The zero-order valence-corrected chi connectivity index (χ0v) is 14.7. The first-order valence-electron chi connectivity index (χ1n) is 8.05. The van der Waals surface area contributed by atoms with Gasteiger partial charge < -0.3 is 10.1 Å². The van der Waals surface area contributed by atoms with Crippen LogP contribution in [0.5, 0.6) is 5.75 Å². The number of aromatic nitrogens is 1. The Balaban J connectivity index is 1.88. The molecular weight excluding hydrogens is 341 g/mol. The number of pyridine rings is 1. The lowest BCUT2D eigenvalue weighted by Crippen LogP contribution is -2.34. The zero-order chi connectivity index (χ0) is 18.1. The normalized spacial score (nSPS) is 10.2. The first-order valence-corrected chi connectivity index (χ1v) is 8.45. The van der Waals surface area contributed by atoms with E-state index in [0.29, 0.717) is 17.9 Å². The number of nitrogens with one attached hydrogen (secondary N) is 2. The van der Waals surface area contributed by atoms with Gasteiger partial charge in [0, 0.05) is 24.1 Å². The monoisotopic (exact) mass is 361 g/mol. The molecule has 2 rings (SSSR count). The van der Waals surface area contributed by atoms with Gasteiger partial charge in [-0.1, -0.05) is 19.8 Å². The van der Waals surface area contributed by atoms with Gasteiger partial charge in [0.25, 0.3) is 5.91 Å². The molecule has 1 aromatic heterocycles. The molecule has 0 spiro atoms. The smallest absolute Gasteiger partial charge is 0.258 e. The molecule has 5 nitrogen and oxygen atoms in total. The Morgan fingerprint density at radius 3 is 2.84 bits per heavy atom. The third-order valence-corrected chi connectivity index (χ3v) is 3.55. The lowest BCUT2D eigenvalue weighted by Gasteiger charge is -2.11. The number of hydrogen-bond acceptors (Lipinski definition) is 4. The Kier molecular flexibility index (Phi) is 7.28. The van der Waals surface area contributed by atoms with E-state index in [9.17, 15) is 9.18 Å². The summed E-state index contributed by atoms with van der Waals surface area (Å²) in [7, 11) is 0. The molecule has 7 heteroatoms. The molecule has 0 saturated heterocycles. The number of hydrogen-bond donors (Lipinski definition) is 2. The van der Waals surface area contributed by atoms with Crippen LogP contribution in [-0.2, 0) is 0 Å². The summed E-state index contributed by atoms with van der Waals surface area (Å²) in [6.45, 7) is 2.58. The van der Waals surface area contributed by atoms with Gasteiger partial charge >= 0.3 is 0 Å². The van der Waals surface area contributed by atoms with Gasteiger partial charge in [-0.05, 0) is 42.9 Å². The SMILES string of the molecule is CCCCCOc1ccc(NC(=S)NC(=O)c2cccnc2)cc1F. The standard InChI is InChI=1S/C18H20FN3O2S/c1-2-3-4-10-24-16-8-7-14(11-15(16)19)21-18(25)22-17(23)13-6-5-9-20-12-13/h5-9,11-12H,2-4,10H2,1H3,(H2,21,22,23,25). The van der Waals surface area contributed by atoms with Crippen LogP contribution in [-0.4, -0.2) is 22.6 Å². The Morgan fingerprint density at radius 1 is 1.32 bits per heavy atom. The van der Waals surface area contributed by atoms with Gasteiger partial charge in [-0.3, -0.25) is 15.1 Å². The maximum Gasteiger partial charge on any atom is 0.258 e. The molecule has 132 valence electrons. The number of halogens is 1. The average Bonchev–Trinajstić information content (AvgIpc) is 2.61. The highest BCUT2D eigenvalue weighted by Crippen LogP contribution is 2.21. The molecule has 0 fully saturated rings. The summed E-state index contributed by atoms with van der Waals surface area (Å²) in [6, 6.07) is 7.73. The molecule has 0 aliphatic rings. The highest BCUT2D eigenvalue weighted by atomic mass is 32.1. The van der Waals surface area contributed by atoms with Gasteiger partial charge in [0.2, 0.25) is 0 Å². The van der Waals surface area contributed by atoms with Crippen molar-refractivity contribution in [2.24, 2.45) is 0 Å². The van der Waals surface area contributed by atoms with Crippen LogP contribution < -0.4 is 15.4 Å². The molecule has 0 atom stereocenters. The first-order chi connectivity index (χ1) is 12.1. The summed E-state index contributed by atoms with van der Waals surface area (Å²) in [5.41, 5.74) is 0.809. The van der Waals surface area contributed by atoms with E-state index in [4.69, 9.17) is 17.0 Å². The largest absolute Gasteiger partial charge is 0.491 e. The number of anilines is 1. The maximum atomic E-state index is 14.0. The van der Waals surface area contributed by atoms with E-state index in [1.807, 2.05) is 0 Å². The summed E-state index contributed by atoms with van der Waals surface area (Å²) >= 11 is 5.07. The number of carbonyl (C=O) groups is 1. The van der Waals surface area contributed by atoms with Crippen LogP contribution >= 0.6 is 12.2 Å². The van der Waals surface area contributed by atoms with Crippen molar-refractivity contribution in [2.45, 2.75) is 26.2 Å². The molecule has 1 heterocycles. The van der Waals surface area contributed by atoms with Crippen LogP contribution in [0.1, 0.15) is 36.5 Å². The summed E-state index contributed by atoms with van der Waals surface area (Å²) in [4.78, 5) is 15.8. The lowest BCUT2D eigenvalue weighted by molar-refractivity contribution is 0.0977. The van der Waals surface area contributed by atoms with Gasteiger partial charge in [0.05, 0.1) is 12.2 Å². The fourth-order valence-electron chi connectivity index (χ4n) is 2.06. The highest BCUT2D eigenvalue weighted by Gasteiger charge is 2.09. The quantitative estimate of drug-likeness (QED) is 0.578. The maximum absolute atomic E-state index is 14.0. The van der Waals surface area contributed by atoms with Gasteiger partial charge in [-0.15, -0.1) is 0 Å². The zero-order valence-electron chi connectivity index (χ0n) is 13.9. The Bertz CT molecular complexity index is 726. The number of amides is 1. The fraction of sp³-hybridized carbons (Fsp3) is 0.278. The second-order valence-corrected chi connectivity index (χ2v) is 5.76. The van der Waals surface area contributed by atoms with Crippen molar-refractivity contribution in [3.63, 3.8) is 0 Å². The summed E-state index contributed by atoms with van der Waals surface area (Å²) in [5.74, 6) is -0.670. The number of ether oxygens (including phenoxy) is 1. The third kappa shape index (κ3) is 6.11. The summed E-state index contributed by atoms with van der Waals surface area (Å²) in [5, 5.41) is 5.36. The molecule has 0 aliphatic heterocycles. The van der Waals surface area contributed by atoms with Crippen LogP contribution in [0.3, 0.4) is 0 Å². The van der Waals surface area contributed by atoms with Crippen molar-refractivity contribution in [1.82, 2.24) is 10.3 Å². The second kappa shape index (κ2) is 9.68. The second-order valence-electron chi connectivity index (χ2n) is 5.35. The van der Waals surface area contributed by atoms with E-state index in [1.54, 1.807) is 24.4 Å². The van der Waals surface area contributed by atoms with Gasteiger partial charge in [0.1, 0.15) is 0 Å². The minimum atomic E-state index is -0.483. The molecule has 0 saturated carbocycles. The molecule has 1 aromatic carbocycles. The van der Waals surface area contributed by atoms with E-state index >= 15 is 0 Å². The van der Waals surface area contributed by atoms with E-state index in [-0.39, 0.29) is 16.8 Å². The van der Waals surface area contributed by atoms with Crippen LogP contribution in [0.25, 0.3) is 0 Å². The van der Waals surface area contributed by atoms with E-state index < -0.39 is 5.82 Å². The molecule has 0 radical (unpaired) electrons. The molecule has 0 aliphatic carbocycles. The minimum absolute atomic E-state index is 0.0740. The number of rotatable bonds is 7. The van der Waals surface area contributed by atoms with Crippen LogP contribution in [0.15, 0.2) is 42.7 Å². The van der Waals surface area contributed by atoms with E-state index in [1.165, 1.54) is 18.3 Å². The van der Waals surface area contributed by atoms with Gasteiger partial charge in [0.15, 0.2) is 16.7 Å².